The van der Waals surface area contributed by atoms with Gasteiger partial charge in [-0.3, -0.25) is 0 Å². The highest BCUT2D eigenvalue weighted by Crippen LogP contribution is 2.28. The van der Waals surface area contributed by atoms with Crippen LogP contribution in [0.4, 0.5) is 13.2 Å². The van der Waals surface area contributed by atoms with Gasteiger partial charge in [-0.2, -0.15) is 8.78 Å². The van der Waals surface area contributed by atoms with Gasteiger partial charge in [-0.15, -0.1) is 0 Å². The maximum atomic E-state index is 13.1. The fraction of sp³-hybridized carbons (Fsp3) is 0.286. The van der Waals surface area contributed by atoms with E-state index in [4.69, 9.17) is 9.47 Å². The molecule has 1 saturated heterocycles. The molecule has 0 N–H and O–H groups in total. The molecule has 1 fully saturated rings. The van der Waals surface area contributed by atoms with Crippen LogP contribution in [0.25, 0.3) is 6.08 Å². The molecule has 0 amide bonds. The van der Waals surface area contributed by atoms with Crippen LogP contribution in [-0.4, -0.2) is 24.3 Å². The molecular formula is C14H11F3O5. The number of cyclic esters (lactones) is 2. The number of rotatable bonds is 3. The Morgan fingerprint density at radius 1 is 1.18 bits per heavy atom. The molecule has 0 aromatic heterocycles. The standard InChI is InChI=1S/C14H11F3O5/c1-14(2)21-11(18)9(12(19)22-14)5-7-3-4-8(15)6-10(7)20-13(16)17/h3-6,13H,1-2H3. The Kier molecular flexibility index (Phi) is 4.11. The minimum absolute atomic E-state index is 0.0923. The van der Waals surface area contributed by atoms with Crippen molar-refractivity contribution < 1.29 is 37.0 Å². The van der Waals surface area contributed by atoms with Crippen LogP contribution in [0.3, 0.4) is 0 Å². The molecule has 0 aliphatic carbocycles. The van der Waals surface area contributed by atoms with Crippen molar-refractivity contribution in [1.82, 2.24) is 0 Å². The third-order valence-electron chi connectivity index (χ3n) is 2.61. The summed E-state index contributed by atoms with van der Waals surface area (Å²) in [6.45, 7) is -0.464. The van der Waals surface area contributed by atoms with E-state index in [0.29, 0.717) is 6.07 Å². The highest BCUT2D eigenvalue weighted by Gasteiger charge is 2.39. The molecule has 5 nitrogen and oxygen atoms in total. The third kappa shape index (κ3) is 3.57. The summed E-state index contributed by atoms with van der Waals surface area (Å²) in [7, 11) is 0. The second kappa shape index (κ2) is 5.70. The smallest absolute Gasteiger partial charge is 0.387 e. The van der Waals surface area contributed by atoms with Crippen LogP contribution in [0, 0.1) is 5.82 Å². The molecule has 1 aromatic carbocycles. The summed E-state index contributed by atoms with van der Waals surface area (Å²) < 4.78 is 51.6. The van der Waals surface area contributed by atoms with Crippen LogP contribution in [0.2, 0.25) is 0 Å². The number of carbonyl (C=O) groups excluding carboxylic acids is 2. The number of halogens is 3. The lowest BCUT2D eigenvalue weighted by molar-refractivity contribution is -0.222. The van der Waals surface area contributed by atoms with E-state index in [1.165, 1.54) is 13.8 Å². The van der Waals surface area contributed by atoms with E-state index in [0.717, 1.165) is 18.2 Å². The monoisotopic (exact) mass is 316 g/mol. The number of hydrogen-bond acceptors (Lipinski definition) is 5. The van der Waals surface area contributed by atoms with E-state index < -0.39 is 41.5 Å². The summed E-state index contributed by atoms with van der Waals surface area (Å²) in [4.78, 5) is 23.5. The first kappa shape index (κ1) is 15.9. The predicted molar refractivity (Wildman–Crippen MR) is 67.3 cm³/mol. The van der Waals surface area contributed by atoms with Gasteiger partial charge in [0.05, 0.1) is 0 Å². The van der Waals surface area contributed by atoms with Gasteiger partial charge in [-0.25, -0.2) is 14.0 Å². The quantitative estimate of drug-likeness (QED) is 0.487. The molecule has 1 aromatic rings. The summed E-state index contributed by atoms with van der Waals surface area (Å²) in [6.07, 6.45) is 0.942. The Hall–Kier alpha value is -2.51. The Labute approximate surface area is 123 Å². The number of alkyl halides is 2. The maximum Gasteiger partial charge on any atom is 0.387 e. The molecule has 2 rings (SSSR count). The van der Waals surface area contributed by atoms with E-state index >= 15 is 0 Å². The minimum Gasteiger partial charge on any atom is -0.434 e. The van der Waals surface area contributed by atoms with Crippen LogP contribution < -0.4 is 4.74 Å². The average Bonchev–Trinajstić information content (AvgIpc) is 2.34. The van der Waals surface area contributed by atoms with E-state index in [1.807, 2.05) is 0 Å². The average molecular weight is 316 g/mol. The molecule has 0 unspecified atom stereocenters. The van der Waals surface area contributed by atoms with Gasteiger partial charge in [-0.05, 0) is 18.2 Å². The molecular weight excluding hydrogens is 305 g/mol. The lowest BCUT2D eigenvalue weighted by Crippen LogP contribution is -2.41. The summed E-state index contributed by atoms with van der Waals surface area (Å²) in [6, 6.07) is 2.76. The van der Waals surface area contributed by atoms with Crippen LogP contribution in [0.15, 0.2) is 23.8 Å². The lowest BCUT2D eigenvalue weighted by atomic mass is 10.1. The van der Waals surface area contributed by atoms with Crippen molar-refractivity contribution in [3.8, 4) is 5.75 Å². The summed E-state index contributed by atoms with van der Waals surface area (Å²) in [5, 5.41) is 0. The molecule has 0 bridgehead atoms. The number of benzene rings is 1. The fourth-order valence-corrected chi connectivity index (χ4v) is 1.76. The normalized spacial score (nSPS) is 17.1. The van der Waals surface area contributed by atoms with Gasteiger partial charge >= 0.3 is 18.6 Å². The summed E-state index contributed by atoms with van der Waals surface area (Å²) in [5.74, 6) is -4.71. The zero-order valence-electron chi connectivity index (χ0n) is 11.6. The third-order valence-corrected chi connectivity index (χ3v) is 2.61. The highest BCUT2D eigenvalue weighted by atomic mass is 19.3. The van der Waals surface area contributed by atoms with E-state index in [9.17, 15) is 22.8 Å². The minimum atomic E-state index is -3.19. The SMILES string of the molecule is CC1(C)OC(=O)C(=Cc2ccc(F)cc2OC(F)F)C(=O)O1. The van der Waals surface area contributed by atoms with Gasteiger partial charge in [0.1, 0.15) is 17.1 Å². The van der Waals surface area contributed by atoms with E-state index in [2.05, 4.69) is 4.74 Å². The van der Waals surface area contributed by atoms with Gasteiger partial charge in [0.2, 0.25) is 0 Å². The van der Waals surface area contributed by atoms with Crippen molar-refractivity contribution in [2.24, 2.45) is 0 Å². The second-order valence-electron chi connectivity index (χ2n) is 4.80. The molecule has 118 valence electrons. The molecule has 22 heavy (non-hydrogen) atoms. The Bertz CT molecular complexity index is 630. The zero-order valence-corrected chi connectivity index (χ0v) is 11.6. The Balaban J connectivity index is 2.40. The van der Waals surface area contributed by atoms with Crippen LogP contribution in [0.5, 0.6) is 5.75 Å². The van der Waals surface area contributed by atoms with E-state index in [-0.39, 0.29) is 5.56 Å². The van der Waals surface area contributed by atoms with Gasteiger partial charge < -0.3 is 14.2 Å². The van der Waals surface area contributed by atoms with Crippen LogP contribution in [0.1, 0.15) is 19.4 Å². The van der Waals surface area contributed by atoms with Crippen molar-refractivity contribution in [1.29, 1.82) is 0 Å². The van der Waals surface area contributed by atoms with E-state index in [1.54, 1.807) is 0 Å². The van der Waals surface area contributed by atoms with Gasteiger partial charge in [-0.1, -0.05) is 0 Å². The Morgan fingerprint density at radius 3 is 2.32 bits per heavy atom. The number of esters is 2. The first-order valence-corrected chi connectivity index (χ1v) is 6.11. The first-order valence-electron chi connectivity index (χ1n) is 6.11. The van der Waals surface area contributed by atoms with Crippen LogP contribution >= 0.6 is 0 Å². The van der Waals surface area contributed by atoms with Crippen molar-refractivity contribution in [3.63, 3.8) is 0 Å². The molecule has 0 saturated carbocycles. The van der Waals surface area contributed by atoms with Crippen molar-refractivity contribution in [3.05, 3.63) is 35.2 Å². The number of ether oxygens (including phenoxy) is 3. The molecule has 1 heterocycles. The predicted octanol–water partition coefficient (Wildman–Crippen LogP) is 2.65. The van der Waals surface area contributed by atoms with Gasteiger partial charge in [0.15, 0.2) is 0 Å². The van der Waals surface area contributed by atoms with Gasteiger partial charge in [0.25, 0.3) is 5.79 Å². The number of hydrogen-bond donors (Lipinski definition) is 0. The van der Waals surface area contributed by atoms with Gasteiger partial charge in [0, 0.05) is 25.5 Å². The van der Waals surface area contributed by atoms with Crippen molar-refractivity contribution >= 4 is 18.0 Å². The van der Waals surface area contributed by atoms with Crippen molar-refractivity contribution in [2.45, 2.75) is 26.2 Å². The van der Waals surface area contributed by atoms with Crippen LogP contribution in [-0.2, 0) is 19.1 Å². The first-order chi connectivity index (χ1) is 10.2. The summed E-state index contributed by atoms with van der Waals surface area (Å²) in [5.41, 5.74) is -0.602. The zero-order chi connectivity index (χ0) is 16.5. The topological polar surface area (TPSA) is 61.8 Å². The second-order valence-corrected chi connectivity index (χ2v) is 4.80. The fourth-order valence-electron chi connectivity index (χ4n) is 1.76. The highest BCUT2D eigenvalue weighted by molar-refractivity contribution is 6.19. The summed E-state index contributed by atoms with van der Waals surface area (Å²) >= 11 is 0. The molecule has 0 atom stereocenters. The number of carbonyl (C=O) groups is 2. The molecule has 0 radical (unpaired) electrons. The van der Waals surface area contributed by atoms with Crippen molar-refractivity contribution in [2.75, 3.05) is 0 Å². The maximum absolute atomic E-state index is 13.1. The Morgan fingerprint density at radius 2 is 1.77 bits per heavy atom. The molecule has 8 heteroatoms. The largest absolute Gasteiger partial charge is 0.434 e. The molecule has 1 aliphatic heterocycles. The lowest BCUT2D eigenvalue weighted by Gasteiger charge is -2.29. The molecule has 0 spiro atoms. The molecule has 1 aliphatic rings.